The summed E-state index contributed by atoms with van der Waals surface area (Å²) in [4.78, 5) is 17.6. The van der Waals surface area contributed by atoms with Gasteiger partial charge in [-0.15, -0.1) is 0 Å². The van der Waals surface area contributed by atoms with Crippen LogP contribution in [0.1, 0.15) is 31.9 Å². The fourth-order valence-corrected chi connectivity index (χ4v) is 2.89. The van der Waals surface area contributed by atoms with Crippen molar-refractivity contribution in [2.75, 3.05) is 7.05 Å². The van der Waals surface area contributed by atoms with Crippen molar-refractivity contribution in [3.8, 4) is 5.75 Å². The molecular weight excluding hydrogens is 399 g/mol. The number of carbonyl (C=O) groups excluding carboxylic acids is 1. The second-order valence-electron chi connectivity index (χ2n) is 7.36. The summed E-state index contributed by atoms with van der Waals surface area (Å²) in [6, 6.07) is 12.5. The van der Waals surface area contributed by atoms with Crippen LogP contribution in [0.4, 0.5) is 0 Å². The molecule has 0 saturated carbocycles. The van der Waals surface area contributed by atoms with E-state index in [0.29, 0.717) is 22.2 Å². The standard InChI is InChI=1S/C21H26Cl2N2O3/c1-21(2,3)28-25-20(26)19(24-4)12-14-8-10-15(11-9-14)27-13-16-17(22)6-5-7-18(16)23/h5-11,19,24H,12-13H2,1-4H3,(H,25,26)/t19-/m0/s1. The molecule has 7 heteroatoms. The molecule has 1 amide bonds. The molecule has 0 heterocycles. The molecule has 1 atom stereocenters. The summed E-state index contributed by atoms with van der Waals surface area (Å²) < 4.78 is 5.78. The molecule has 0 aliphatic carbocycles. The first-order chi connectivity index (χ1) is 13.2. The molecule has 5 nitrogen and oxygen atoms in total. The largest absolute Gasteiger partial charge is 0.489 e. The molecule has 0 unspecified atom stereocenters. The highest BCUT2D eigenvalue weighted by Gasteiger charge is 2.20. The number of hydrogen-bond donors (Lipinski definition) is 2. The SMILES string of the molecule is CN[C@@H](Cc1ccc(OCc2c(Cl)cccc2Cl)cc1)C(=O)NOC(C)(C)C. The Bertz CT molecular complexity index is 769. The molecule has 2 rings (SSSR count). The van der Waals surface area contributed by atoms with Crippen LogP contribution in [0, 0.1) is 0 Å². The zero-order valence-electron chi connectivity index (χ0n) is 16.5. The molecule has 0 fully saturated rings. The molecule has 0 bridgehead atoms. The first-order valence-electron chi connectivity index (χ1n) is 8.99. The van der Waals surface area contributed by atoms with E-state index >= 15 is 0 Å². The van der Waals surface area contributed by atoms with Gasteiger partial charge < -0.3 is 10.1 Å². The topological polar surface area (TPSA) is 59.6 Å². The Balaban J connectivity index is 1.93. The number of carbonyl (C=O) groups is 1. The molecule has 0 aliphatic rings. The number of hydroxylamine groups is 1. The van der Waals surface area contributed by atoms with E-state index in [1.165, 1.54) is 0 Å². The lowest BCUT2D eigenvalue weighted by Crippen LogP contribution is -2.46. The highest BCUT2D eigenvalue weighted by Crippen LogP contribution is 2.26. The number of likely N-dealkylation sites (N-methyl/N-ethyl adjacent to an activating group) is 1. The maximum Gasteiger partial charge on any atom is 0.261 e. The van der Waals surface area contributed by atoms with Gasteiger partial charge in [-0.3, -0.25) is 9.63 Å². The van der Waals surface area contributed by atoms with Crippen molar-refractivity contribution < 1.29 is 14.4 Å². The normalized spacial score (nSPS) is 12.5. The van der Waals surface area contributed by atoms with Crippen molar-refractivity contribution in [1.29, 1.82) is 0 Å². The summed E-state index contributed by atoms with van der Waals surface area (Å²) >= 11 is 12.3. The van der Waals surface area contributed by atoms with Gasteiger partial charge in [-0.2, -0.15) is 0 Å². The van der Waals surface area contributed by atoms with Gasteiger partial charge >= 0.3 is 0 Å². The third kappa shape index (κ3) is 6.99. The molecule has 0 radical (unpaired) electrons. The van der Waals surface area contributed by atoms with Gasteiger partial charge in [0.2, 0.25) is 0 Å². The molecule has 0 saturated heterocycles. The minimum atomic E-state index is -0.447. The minimum absolute atomic E-state index is 0.217. The predicted octanol–water partition coefficient (Wildman–Crippen LogP) is 4.55. The Morgan fingerprint density at radius 2 is 1.68 bits per heavy atom. The molecule has 152 valence electrons. The Morgan fingerprint density at radius 1 is 1.07 bits per heavy atom. The van der Waals surface area contributed by atoms with Crippen molar-refractivity contribution in [3.63, 3.8) is 0 Å². The summed E-state index contributed by atoms with van der Waals surface area (Å²) in [5, 5.41) is 4.15. The van der Waals surface area contributed by atoms with Crippen LogP contribution < -0.4 is 15.5 Å². The number of amides is 1. The Labute approximate surface area is 176 Å². The maximum absolute atomic E-state index is 12.3. The summed E-state index contributed by atoms with van der Waals surface area (Å²) in [5.41, 5.74) is 3.80. The van der Waals surface area contributed by atoms with Gasteiger partial charge in [0.1, 0.15) is 12.4 Å². The second-order valence-corrected chi connectivity index (χ2v) is 8.17. The summed E-state index contributed by atoms with van der Waals surface area (Å²) in [6.45, 7) is 5.89. The molecule has 0 aromatic heterocycles. The molecule has 2 N–H and O–H groups in total. The highest BCUT2D eigenvalue weighted by molar-refractivity contribution is 6.35. The maximum atomic E-state index is 12.3. The first kappa shape index (κ1) is 22.5. The lowest BCUT2D eigenvalue weighted by molar-refractivity contribution is -0.147. The van der Waals surface area contributed by atoms with E-state index in [4.69, 9.17) is 32.8 Å². The average Bonchev–Trinajstić information content (AvgIpc) is 2.64. The third-order valence-electron chi connectivity index (χ3n) is 3.93. The van der Waals surface area contributed by atoms with Crippen molar-refractivity contribution in [2.24, 2.45) is 0 Å². The van der Waals surface area contributed by atoms with E-state index < -0.39 is 11.6 Å². The molecular formula is C21H26Cl2N2O3. The van der Waals surface area contributed by atoms with Crippen molar-refractivity contribution in [3.05, 3.63) is 63.6 Å². The summed E-state index contributed by atoms with van der Waals surface area (Å²) in [5.74, 6) is 0.479. The Morgan fingerprint density at radius 3 is 2.21 bits per heavy atom. The first-order valence-corrected chi connectivity index (χ1v) is 9.75. The Kier molecular flexibility index (Phi) is 8.13. The molecule has 2 aromatic rings. The van der Waals surface area contributed by atoms with Gasteiger partial charge in [0.05, 0.1) is 11.6 Å². The van der Waals surface area contributed by atoms with Gasteiger partial charge in [0.15, 0.2) is 0 Å². The van der Waals surface area contributed by atoms with E-state index in [-0.39, 0.29) is 12.5 Å². The number of halogens is 2. The Hall–Kier alpha value is -1.79. The summed E-state index contributed by atoms with van der Waals surface area (Å²) in [6.07, 6.45) is 0.520. The van der Waals surface area contributed by atoms with Crippen LogP contribution in [0.25, 0.3) is 0 Å². The monoisotopic (exact) mass is 424 g/mol. The van der Waals surface area contributed by atoms with Gasteiger partial charge in [-0.25, -0.2) is 5.48 Å². The van der Waals surface area contributed by atoms with E-state index in [1.807, 2.05) is 45.0 Å². The number of benzene rings is 2. The van der Waals surface area contributed by atoms with Gasteiger partial charge in [-0.05, 0) is 64.1 Å². The van der Waals surface area contributed by atoms with Gasteiger partial charge in [0, 0.05) is 15.6 Å². The third-order valence-corrected chi connectivity index (χ3v) is 4.64. The second kappa shape index (κ2) is 10.1. The molecule has 0 aliphatic heterocycles. The van der Waals surface area contributed by atoms with Crippen molar-refractivity contribution in [1.82, 2.24) is 10.8 Å². The summed E-state index contributed by atoms with van der Waals surface area (Å²) in [7, 11) is 1.74. The lowest BCUT2D eigenvalue weighted by Gasteiger charge is -2.22. The van der Waals surface area contributed by atoms with E-state index in [9.17, 15) is 4.79 Å². The van der Waals surface area contributed by atoms with E-state index in [0.717, 1.165) is 11.1 Å². The zero-order valence-corrected chi connectivity index (χ0v) is 18.0. The minimum Gasteiger partial charge on any atom is -0.489 e. The molecule has 0 spiro atoms. The van der Waals surface area contributed by atoms with Crippen LogP contribution in [0.15, 0.2) is 42.5 Å². The zero-order chi connectivity index (χ0) is 20.7. The highest BCUT2D eigenvalue weighted by atomic mass is 35.5. The van der Waals surface area contributed by atoms with Crippen LogP contribution >= 0.6 is 23.2 Å². The van der Waals surface area contributed by atoms with Crippen molar-refractivity contribution >= 4 is 29.1 Å². The number of ether oxygens (including phenoxy) is 1. The molecule has 28 heavy (non-hydrogen) atoms. The molecule has 2 aromatic carbocycles. The van der Waals surface area contributed by atoms with Gasteiger partial charge in [0.25, 0.3) is 5.91 Å². The number of rotatable bonds is 8. The van der Waals surface area contributed by atoms with Crippen LogP contribution in [0.2, 0.25) is 10.0 Å². The number of hydrogen-bond acceptors (Lipinski definition) is 4. The van der Waals surface area contributed by atoms with Crippen molar-refractivity contribution in [2.45, 2.75) is 45.4 Å². The van der Waals surface area contributed by atoms with Crippen LogP contribution in [-0.4, -0.2) is 24.6 Å². The quantitative estimate of drug-likeness (QED) is 0.610. The predicted molar refractivity (Wildman–Crippen MR) is 113 cm³/mol. The van der Waals surface area contributed by atoms with E-state index in [1.54, 1.807) is 25.2 Å². The number of nitrogens with one attached hydrogen (secondary N) is 2. The lowest BCUT2D eigenvalue weighted by atomic mass is 10.1. The van der Waals surface area contributed by atoms with Gasteiger partial charge in [-0.1, -0.05) is 41.4 Å². The fraction of sp³-hybridized carbons (Fsp3) is 0.381. The van der Waals surface area contributed by atoms with Crippen LogP contribution in [-0.2, 0) is 22.7 Å². The van der Waals surface area contributed by atoms with Crippen LogP contribution in [0.3, 0.4) is 0 Å². The fourth-order valence-electron chi connectivity index (χ4n) is 2.38. The van der Waals surface area contributed by atoms with E-state index in [2.05, 4.69) is 10.8 Å². The average molecular weight is 425 g/mol. The smallest absolute Gasteiger partial charge is 0.261 e. The van der Waals surface area contributed by atoms with Crippen LogP contribution in [0.5, 0.6) is 5.75 Å².